The van der Waals surface area contributed by atoms with Crippen LogP contribution in [0.3, 0.4) is 0 Å². The molecule has 240 valence electrons. The summed E-state index contributed by atoms with van der Waals surface area (Å²) in [5.41, 5.74) is 3.14. The molecule has 2 amide bonds. The number of aliphatic hydroxyl groups is 1. The number of amides is 2. The molecular weight excluding hydrogens is 554 g/mol. The van der Waals surface area contributed by atoms with Crippen LogP contribution < -0.4 is 15.4 Å². The molecule has 0 radical (unpaired) electrons. The van der Waals surface area contributed by atoms with Crippen molar-refractivity contribution >= 4 is 11.8 Å². The van der Waals surface area contributed by atoms with Crippen molar-refractivity contribution in [1.29, 1.82) is 0 Å². The van der Waals surface area contributed by atoms with Crippen molar-refractivity contribution in [2.45, 2.75) is 82.7 Å². The van der Waals surface area contributed by atoms with E-state index in [1.807, 2.05) is 55.5 Å². The Balaban J connectivity index is 1.77. The maximum absolute atomic E-state index is 13.7. The predicted molar refractivity (Wildman–Crippen MR) is 175 cm³/mol. The summed E-state index contributed by atoms with van der Waals surface area (Å²) in [5, 5.41) is 18.1. The highest BCUT2D eigenvalue weighted by atomic mass is 16.5. The summed E-state index contributed by atoms with van der Waals surface area (Å²) in [6.07, 6.45) is 6.57. The fourth-order valence-electron chi connectivity index (χ4n) is 5.85. The Morgan fingerprint density at radius 1 is 1.14 bits per heavy atom. The number of nitrogens with one attached hydrogen (secondary N) is 2. The first-order valence-electron chi connectivity index (χ1n) is 15.8. The van der Waals surface area contributed by atoms with Crippen molar-refractivity contribution in [3.8, 4) is 5.75 Å². The molecule has 0 bridgehead atoms. The number of carbonyl (C=O) groups excluding carboxylic acids is 2. The zero-order valence-corrected chi connectivity index (χ0v) is 26.8. The SMILES string of the molecule is C=CCO[C@@H]1C[C@H](NCC(O)C(Cc2ccccc2)NC(=O)[C@H](CC=C)N(C)C(=O)[C@@H](C)CCCC)c2cc(OC)ccc21. The van der Waals surface area contributed by atoms with Gasteiger partial charge in [0.2, 0.25) is 11.8 Å². The smallest absolute Gasteiger partial charge is 0.243 e. The lowest BCUT2D eigenvalue weighted by Gasteiger charge is -2.32. The minimum absolute atomic E-state index is 0.0640. The van der Waals surface area contributed by atoms with Gasteiger partial charge in [-0.25, -0.2) is 0 Å². The van der Waals surface area contributed by atoms with Crippen LogP contribution in [-0.2, 0) is 20.7 Å². The number of ether oxygens (including phenoxy) is 2. The van der Waals surface area contributed by atoms with Gasteiger partial charge in [-0.2, -0.15) is 0 Å². The molecule has 8 nitrogen and oxygen atoms in total. The minimum atomic E-state index is -0.907. The zero-order valence-electron chi connectivity index (χ0n) is 26.8. The molecule has 2 aromatic carbocycles. The molecule has 2 unspecified atom stereocenters. The van der Waals surface area contributed by atoms with Crippen molar-refractivity contribution in [3.05, 3.63) is 90.5 Å². The number of hydrogen-bond donors (Lipinski definition) is 3. The van der Waals surface area contributed by atoms with Gasteiger partial charge < -0.3 is 30.1 Å². The van der Waals surface area contributed by atoms with E-state index in [1.165, 1.54) is 4.90 Å². The van der Waals surface area contributed by atoms with Gasteiger partial charge >= 0.3 is 0 Å². The minimum Gasteiger partial charge on any atom is -0.497 e. The van der Waals surface area contributed by atoms with Crippen LogP contribution in [0.5, 0.6) is 5.75 Å². The molecule has 6 atom stereocenters. The first-order valence-corrected chi connectivity index (χ1v) is 15.8. The lowest BCUT2D eigenvalue weighted by Crippen LogP contribution is -2.55. The van der Waals surface area contributed by atoms with Crippen molar-refractivity contribution < 1.29 is 24.2 Å². The Morgan fingerprint density at radius 2 is 1.89 bits per heavy atom. The fraction of sp³-hybridized carbons (Fsp3) is 0.500. The van der Waals surface area contributed by atoms with Gasteiger partial charge in [-0.1, -0.05) is 75.2 Å². The second kappa shape index (κ2) is 17.7. The molecule has 1 aliphatic rings. The molecule has 3 N–H and O–H groups in total. The van der Waals surface area contributed by atoms with Crippen LogP contribution in [0.1, 0.15) is 74.8 Å². The van der Waals surface area contributed by atoms with E-state index < -0.39 is 18.2 Å². The maximum atomic E-state index is 13.7. The van der Waals surface area contributed by atoms with Gasteiger partial charge in [0.15, 0.2) is 0 Å². The van der Waals surface area contributed by atoms with E-state index >= 15 is 0 Å². The number of methoxy groups -OCH3 is 1. The molecule has 0 saturated carbocycles. The number of aliphatic hydroxyl groups excluding tert-OH is 1. The molecule has 3 rings (SSSR count). The summed E-state index contributed by atoms with van der Waals surface area (Å²) in [5.74, 6) is 0.205. The molecule has 0 aliphatic heterocycles. The molecule has 0 spiro atoms. The van der Waals surface area contributed by atoms with Crippen molar-refractivity contribution in [1.82, 2.24) is 15.5 Å². The number of fused-ring (bicyclic) bond motifs is 1. The number of rotatable bonds is 19. The van der Waals surface area contributed by atoms with E-state index in [2.05, 4.69) is 30.7 Å². The second-order valence-corrected chi connectivity index (χ2v) is 11.7. The molecular formula is C36H51N3O5. The van der Waals surface area contributed by atoms with Crippen LogP contribution >= 0.6 is 0 Å². The Bertz CT molecular complexity index is 1220. The lowest BCUT2D eigenvalue weighted by molar-refractivity contribution is -0.142. The molecule has 44 heavy (non-hydrogen) atoms. The predicted octanol–water partition coefficient (Wildman–Crippen LogP) is 5.29. The van der Waals surface area contributed by atoms with E-state index in [9.17, 15) is 14.7 Å². The van der Waals surface area contributed by atoms with Crippen LogP contribution in [0.25, 0.3) is 0 Å². The van der Waals surface area contributed by atoms with Gasteiger partial charge in [-0.15, -0.1) is 13.2 Å². The number of nitrogens with zero attached hydrogens (tertiary/aromatic N) is 1. The number of hydrogen-bond acceptors (Lipinski definition) is 6. The summed E-state index contributed by atoms with van der Waals surface area (Å²) in [4.78, 5) is 28.5. The quantitative estimate of drug-likeness (QED) is 0.188. The molecule has 1 aliphatic carbocycles. The molecule has 0 heterocycles. The standard InChI is InChI=1S/C36H51N3O5/c1-7-10-15-25(4)36(42)39(5)32(14-8-2)35(41)38-31(21-26-16-12-11-13-17-26)33(40)24-37-30-23-34(44-20-9-3)28-19-18-27(43-6)22-29(28)30/h8-9,11-13,16-19,22,25,30-34,37,40H,2-3,7,10,14-15,20-21,23-24H2,1,4-6H3,(H,38,41)/t25-,30-,31?,32-,33?,34+/m0/s1. The van der Waals surface area contributed by atoms with Crippen LogP contribution in [-0.4, -0.2) is 67.3 Å². The Hall–Kier alpha value is -3.46. The summed E-state index contributed by atoms with van der Waals surface area (Å²) < 4.78 is 11.5. The lowest BCUT2D eigenvalue weighted by atomic mass is 9.98. The van der Waals surface area contributed by atoms with Crippen molar-refractivity contribution in [2.75, 3.05) is 27.3 Å². The van der Waals surface area contributed by atoms with E-state index in [4.69, 9.17) is 9.47 Å². The van der Waals surface area contributed by atoms with E-state index in [1.54, 1.807) is 26.3 Å². The Labute approximate surface area is 263 Å². The van der Waals surface area contributed by atoms with Gasteiger partial charge in [0.05, 0.1) is 32.0 Å². The third kappa shape index (κ3) is 9.52. The monoisotopic (exact) mass is 605 g/mol. The first kappa shape index (κ1) is 35.0. The fourth-order valence-corrected chi connectivity index (χ4v) is 5.85. The van der Waals surface area contributed by atoms with Crippen LogP contribution in [0.2, 0.25) is 0 Å². The average Bonchev–Trinajstić information content (AvgIpc) is 3.39. The molecule has 0 aromatic heterocycles. The Kier molecular flexibility index (Phi) is 14.1. The third-order valence-corrected chi connectivity index (χ3v) is 8.47. The number of likely N-dealkylation sites (N-methyl/N-ethyl adjacent to an activating group) is 1. The van der Waals surface area contributed by atoms with Crippen LogP contribution in [0.15, 0.2) is 73.8 Å². The van der Waals surface area contributed by atoms with E-state index in [0.717, 1.165) is 41.7 Å². The number of benzene rings is 2. The van der Waals surface area contributed by atoms with Crippen LogP contribution in [0.4, 0.5) is 0 Å². The van der Waals surface area contributed by atoms with Crippen molar-refractivity contribution in [3.63, 3.8) is 0 Å². The molecule has 2 aromatic rings. The summed E-state index contributed by atoms with van der Waals surface area (Å²) in [6.45, 7) is 12.3. The highest BCUT2D eigenvalue weighted by Gasteiger charge is 2.34. The molecule has 8 heteroatoms. The van der Waals surface area contributed by atoms with Crippen molar-refractivity contribution in [2.24, 2.45) is 5.92 Å². The Morgan fingerprint density at radius 3 is 2.55 bits per heavy atom. The summed E-state index contributed by atoms with van der Waals surface area (Å²) in [6, 6.07) is 14.4. The van der Waals surface area contributed by atoms with Gasteiger partial charge in [0.1, 0.15) is 11.8 Å². The van der Waals surface area contributed by atoms with Gasteiger partial charge in [-0.05, 0) is 54.5 Å². The van der Waals surface area contributed by atoms with Crippen LogP contribution in [0, 0.1) is 5.92 Å². The normalized spacial score (nSPS) is 18.4. The van der Waals surface area contributed by atoms with Gasteiger partial charge in [0, 0.05) is 25.6 Å². The second-order valence-electron chi connectivity index (χ2n) is 11.7. The number of unbranched alkanes of at least 4 members (excludes halogenated alkanes) is 1. The van der Waals surface area contributed by atoms with Gasteiger partial charge in [0.25, 0.3) is 0 Å². The molecule has 0 saturated heterocycles. The zero-order chi connectivity index (χ0) is 32.1. The summed E-state index contributed by atoms with van der Waals surface area (Å²) >= 11 is 0. The number of carbonyl (C=O) groups is 2. The summed E-state index contributed by atoms with van der Waals surface area (Å²) in [7, 11) is 3.32. The first-order chi connectivity index (χ1) is 21.2. The van der Waals surface area contributed by atoms with E-state index in [0.29, 0.717) is 25.9 Å². The highest BCUT2D eigenvalue weighted by molar-refractivity contribution is 5.88. The van der Waals surface area contributed by atoms with Gasteiger partial charge in [-0.3, -0.25) is 9.59 Å². The molecule has 0 fully saturated rings. The third-order valence-electron chi connectivity index (χ3n) is 8.47. The topological polar surface area (TPSA) is 100 Å². The largest absolute Gasteiger partial charge is 0.497 e. The highest BCUT2D eigenvalue weighted by Crippen LogP contribution is 2.42. The van der Waals surface area contributed by atoms with E-state index in [-0.39, 0.29) is 36.4 Å². The maximum Gasteiger partial charge on any atom is 0.243 e. The average molecular weight is 606 g/mol.